The summed E-state index contributed by atoms with van der Waals surface area (Å²) < 4.78 is 42.8. The van der Waals surface area contributed by atoms with E-state index in [0.29, 0.717) is 35.9 Å². The lowest BCUT2D eigenvalue weighted by molar-refractivity contribution is 0.0385. The number of rotatable bonds is 9. The van der Waals surface area contributed by atoms with Gasteiger partial charge >= 0.3 is 0 Å². The number of halogens is 2. The molecule has 200 valence electrons. The van der Waals surface area contributed by atoms with Gasteiger partial charge in [-0.15, -0.1) is 5.10 Å². The minimum Gasteiger partial charge on any atom is -0.493 e. The van der Waals surface area contributed by atoms with Crippen LogP contribution < -0.4 is 20.8 Å². The molecule has 2 unspecified atom stereocenters. The Kier molecular flexibility index (Phi) is 6.77. The Labute approximate surface area is 218 Å². The zero-order valence-electron chi connectivity index (χ0n) is 21.3. The quantitative estimate of drug-likeness (QED) is 0.426. The minimum absolute atomic E-state index is 0.0875. The van der Waals surface area contributed by atoms with Gasteiger partial charge in [0.2, 0.25) is 5.95 Å². The van der Waals surface area contributed by atoms with Crippen molar-refractivity contribution in [3.8, 4) is 11.5 Å². The van der Waals surface area contributed by atoms with Crippen molar-refractivity contribution < 1.29 is 18.3 Å². The first-order chi connectivity index (χ1) is 18.2. The number of hydrogen-bond donors (Lipinski definition) is 1. The molecule has 11 heteroatoms. The zero-order valence-corrected chi connectivity index (χ0v) is 21.3. The minimum atomic E-state index is -2.82. The second kappa shape index (κ2) is 10.0. The normalized spacial score (nSPS) is 21.7. The summed E-state index contributed by atoms with van der Waals surface area (Å²) in [7, 11) is 3.13. The van der Waals surface area contributed by atoms with Crippen LogP contribution in [0, 0.1) is 11.3 Å². The van der Waals surface area contributed by atoms with Gasteiger partial charge in [-0.1, -0.05) is 30.4 Å². The highest BCUT2D eigenvalue weighted by Gasteiger charge is 2.73. The van der Waals surface area contributed by atoms with Crippen LogP contribution in [0.15, 0.2) is 59.7 Å². The van der Waals surface area contributed by atoms with Crippen LogP contribution in [0.3, 0.4) is 0 Å². The molecule has 0 saturated heterocycles. The Morgan fingerprint density at radius 3 is 2.63 bits per heavy atom. The predicted octanol–water partition coefficient (Wildman–Crippen LogP) is 3.62. The van der Waals surface area contributed by atoms with E-state index >= 15 is 0 Å². The maximum absolute atomic E-state index is 14.6. The van der Waals surface area contributed by atoms with Crippen LogP contribution in [-0.2, 0) is 19.5 Å². The number of alkyl halides is 2. The number of anilines is 1. The van der Waals surface area contributed by atoms with Gasteiger partial charge in [0.15, 0.2) is 11.5 Å². The fraction of sp³-hybridized carbons (Fsp3) is 0.407. The number of nitrogen functional groups attached to an aromatic ring is 1. The highest BCUT2D eigenvalue weighted by atomic mass is 19.3. The van der Waals surface area contributed by atoms with Crippen molar-refractivity contribution in [2.75, 3.05) is 20.0 Å². The first-order valence-electron chi connectivity index (χ1n) is 12.4. The molecule has 2 aromatic heterocycles. The van der Waals surface area contributed by atoms with Gasteiger partial charge in [-0.2, -0.15) is 4.98 Å². The molecule has 0 amide bonds. The van der Waals surface area contributed by atoms with Crippen LogP contribution in [0.1, 0.15) is 36.3 Å². The van der Waals surface area contributed by atoms with E-state index in [2.05, 4.69) is 15.1 Å². The van der Waals surface area contributed by atoms with E-state index in [9.17, 15) is 13.6 Å². The number of nitrogens with zero attached hydrogens (tertiary/aromatic N) is 5. The third kappa shape index (κ3) is 4.92. The number of methoxy groups -OCH3 is 2. The molecular weight excluding hydrogens is 494 g/mol. The molecule has 0 aliphatic heterocycles. The van der Waals surface area contributed by atoms with Gasteiger partial charge in [-0.25, -0.2) is 18.4 Å². The lowest BCUT2D eigenvalue weighted by atomic mass is 9.85. The number of hydrogen-bond acceptors (Lipinski definition) is 7. The molecule has 5 rings (SSSR count). The van der Waals surface area contributed by atoms with Crippen LogP contribution in [-0.4, -0.2) is 44.5 Å². The van der Waals surface area contributed by atoms with E-state index in [1.165, 1.54) is 17.0 Å². The van der Waals surface area contributed by atoms with Crippen molar-refractivity contribution >= 4 is 5.95 Å². The fourth-order valence-corrected chi connectivity index (χ4v) is 5.14. The molecule has 38 heavy (non-hydrogen) atoms. The van der Waals surface area contributed by atoms with Gasteiger partial charge in [0, 0.05) is 25.5 Å². The Morgan fingerprint density at radius 2 is 1.92 bits per heavy atom. The van der Waals surface area contributed by atoms with Crippen LogP contribution in [0.5, 0.6) is 11.5 Å². The summed E-state index contributed by atoms with van der Waals surface area (Å²) in [5.41, 5.74) is 5.53. The number of benzene rings is 1. The third-order valence-electron chi connectivity index (χ3n) is 7.32. The summed E-state index contributed by atoms with van der Waals surface area (Å²) in [6.45, 7) is 0.0656. The van der Waals surface area contributed by atoms with Gasteiger partial charge < -0.3 is 15.2 Å². The van der Waals surface area contributed by atoms with Crippen LogP contribution >= 0.6 is 0 Å². The molecule has 2 N–H and O–H groups in total. The van der Waals surface area contributed by atoms with Crippen LogP contribution in [0.2, 0.25) is 0 Å². The lowest BCUT2D eigenvalue weighted by Gasteiger charge is -2.24. The third-order valence-corrected chi connectivity index (χ3v) is 7.32. The smallest absolute Gasteiger partial charge is 0.257 e. The van der Waals surface area contributed by atoms with E-state index in [0.717, 1.165) is 12.0 Å². The van der Waals surface area contributed by atoms with Crippen molar-refractivity contribution in [2.24, 2.45) is 11.3 Å². The van der Waals surface area contributed by atoms with Crippen LogP contribution in [0.4, 0.5) is 14.7 Å². The number of allylic oxidation sites excluding steroid dienone is 4. The highest BCUT2D eigenvalue weighted by molar-refractivity contribution is 5.43. The number of nitrogens with two attached hydrogens (primary N) is 1. The molecule has 2 heterocycles. The Hall–Kier alpha value is -4.02. The van der Waals surface area contributed by atoms with Crippen molar-refractivity contribution in [3.05, 3.63) is 82.3 Å². The summed E-state index contributed by atoms with van der Waals surface area (Å²) in [5, 5.41) is 4.25. The molecule has 0 radical (unpaired) electrons. The molecule has 1 saturated carbocycles. The van der Waals surface area contributed by atoms with Gasteiger partial charge in [0.25, 0.3) is 11.5 Å². The largest absolute Gasteiger partial charge is 0.493 e. The van der Waals surface area contributed by atoms with E-state index in [-0.39, 0.29) is 36.9 Å². The molecule has 2 aliphatic carbocycles. The van der Waals surface area contributed by atoms with Gasteiger partial charge in [-0.3, -0.25) is 9.36 Å². The second-order valence-electron chi connectivity index (χ2n) is 9.77. The SMILES string of the molecule is COc1ccc(Cc2nc(N)nn2Cc2cc(=O)n(CC3(C4C=CCC=CC4)CC3(F)F)cn2)cc1OC. The maximum Gasteiger partial charge on any atom is 0.257 e. The molecule has 1 aromatic carbocycles. The monoisotopic (exact) mass is 524 g/mol. The highest BCUT2D eigenvalue weighted by Crippen LogP contribution is 2.66. The summed E-state index contributed by atoms with van der Waals surface area (Å²) in [6.07, 6.45) is 10.5. The molecule has 1 fully saturated rings. The standard InChI is InChI=1S/C27H30F2N6O3/c1-37-21-10-9-18(11-22(21)38-2)12-23-32-25(30)33-35(23)14-20-13-24(36)34(17-31-20)16-26(15-27(26,28)29)19-7-5-3-4-6-8-19/h3,5-6,8-11,13,17,19H,4,7,12,14-16H2,1-2H3,(H2,30,33). The van der Waals surface area contributed by atoms with Crippen molar-refractivity contribution in [2.45, 2.75) is 44.7 Å². The summed E-state index contributed by atoms with van der Waals surface area (Å²) in [5.74, 6) is -1.29. The predicted molar refractivity (Wildman–Crippen MR) is 137 cm³/mol. The van der Waals surface area contributed by atoms with Crippen molar-refractivity contribution in [1.29, 1.82) is 0 Å². The average Bonchev–Trinajstić information content (AvgIpc) is 3.43. The summed E-state index contributed by atoms with van der Waals surface area (Å²) in [6, 6.07) is 6.89. The number of aromatic nitrogens is 5. The fourth-order valence-electron chi connectivity index (χ4n) is 5.14. The van der Waals surface area contributed by atoms with Gasteiger partial charge in [0.05, 0.1) is 38.2 Å². The lowest BCUT2D eigenvalue weighted by Crippen LogP contribution is -2.32. The summed E-state index contributed by atoms with van der Waals surface area (Å²) in [4.78, 5) is 21.7. The topological polar surface area (TPSA) is 110 Å². The van der Waals surface area contributed by atoms with Gasteiger partial charge in [-0.05, 0) is 36.5 Å². The molecule has 0 spiro atoms. The second-order valence-corrected chi connectivity index (χ2v) is 9.77. The molecular formula is C27H30F2N6O3. The van der Waals surface area contributed by atoms with E-state index < -0.39 is 11.3 Å². The first kappa shape index (κ1) is 25.6. The summed E-state index contributed by atoms with van der Waals surface area (Å²) >= 11 is 0. The zero-order chi connectivity index (χ0) is 26.9. The Morgan fingerprint density at radius 1 is 1.13 bits per heavy atom. The Bertz CT molecular complexity index is 1450. The van der Waals surface area contributed by atoms with Crippen LogP contribution in [0.25, 0.3) is 0 Å². The molecule has 2 aliphatic rings. The number of ether oxygens (including phenoxy) is 2. The molecule has 0 bridgehead atoms. The van der Waals surface area contributed by atoms with E-state index in [4.69, 9.17) is 15.2 Å². The molecule has 2 atom stereocenters. The average molecular weight is 525 g/mol. The van der Waals surface area contributed by atoms with E-state index in [1.54, 1.807) is 25.0 Å². The Balaban J connectivity index is 1.34. The first-order valence-corrected chi connectivity index (χ1v) is 12.4. The maximum atomic E-state index is 14.6. The molecule has 9 nitrogen and oxygen atoms in total. The molecule has 3 aromatic rings. The van der Waals surface area contributed by atoms with E-state index in [1.807, 2.05) is 36.4 Å². The van der Waals surface area contributed by atoms with Crippen molar-refractivity contribution in [1.82, 2.24) is 24.3 Å². The van der Waals surface area contributed by atoms with Gasteiger partial charge in [0.1, 0.15) is 5.82 Å². The van der Waals surface area contributed by atoms with Crippen molar-refractivity contribution in [3.63, 3.8) is 0 Å².